The molecule has 1 aliphatic rings. The highest BCUT2D eigenvalue weighted by atomic mass is 16.1. The summed E-state index contributed by atoms with van der Waals surface area (Å²) in [6.45, 7) is 5.79. The van der Waals surface area contributed by atoms with Crippen LogP contribution in [0, 0.1) is 6.92 Å². The van der Waals surface area contributed by atoms with Gasteiger partial charge in [0.1, 0.15) is 0 Å². The summed E-state index contributed by atoms with van der Waals surface area (Å²) < 4.78 is 0. The molecular formula is C12H17N3O. The largest absolute Gasteiger partial charge is 0.346 e. The Morgan fingerprint density at radius 3 is 3.00 bits per heavy atom. The van der Waals surface area contributed by atoms with Crippen LogP contribution >= 0.6 is 0 Å². The maximum Gasteiger partial charge on any atom is 0.253 e. The van der Waals surface area contributed by atoms with Gasteiger partial charge in [0, 0.05) is 18.9 Å². The van der Waals surface area contributed by atoms with E-state index in [0.717, 1.165) is 25.1 Å². The quantitative estimate of drug-likeness (QED) is 0.776. The molecule has 4 nitrogen and oxygen atoms in total. The van der Waals surface area contributed by atoms with Crippen LogP contribution in [0.2, 0.25) is 0 Å². The maximum absolute atomic E-state index is 12.0. The van der Waals surface area contributed by atoms with Gasteiger partial charge in [-0.25, -0.2) is 0 Å². The number of nitrogens with zero attached hydrogens (tertiary/aromatic N) is 1. The van der Waals surface area contributed by atoms with Gasteiger partial charge in [-0.05, 0) is 38.4 Å². The van der Waals surface area contributed by atoms with Crippen molar-refractivity contribution in [3.05, 3.63) is 29.6 Å². The number of aromatic nitrogens is 1. The zero-order valence-corrected chi connectivity index (χ0v) is 9.71. The second kappa shape index (κ2) is 4.22. The molecule has 16 heavy (non-hydrogen) atoms. The van der Waals surface area contributed by atoms with Crippen LogP contribution in [-0.2, 0) is 0 Å². The Hall–Kier alpha value is -1.42. The van der Waals surface area contributed by atoms with Crippen molar-refractivity contribution in [1.82, 2.24) is 15.6 Å². The number of rotatable bonds is 2. The lowest BCUT2D eigenvalue weighted by molar-refractivity contribution is 0.0912. The Bertz CT molecular complexity index is 397. The standard InChI is InChI=1S/C12H17N3O/c1-9-5-10(7-14-6-9)11(16)15-12(2)3-4-13-8-12/h5-7,13H,3-4,8H2,1-2H3,(H,15,16). The molecule has 0 bridgehead atoms. The predicted molar refractivity (Wildman–Crippen MR) is 62.3 cm³/mol. The Morgan fingerprint density at radius 1 is 1.56 bits per heavy atom. The van der Waals surface area contributed by atoms with Crippen LogP contribution in [0.4, 0.5) is 0 Å². The van der Waals surface area contributed by atoms with Gasteiger partial charge >= 0.3 is 0 Å². The molecule has 2 N–H and O–H groups in total. The highest BCUT2D eigenvalue weighted by Gasteiger charge is 2.30. The fraction of sp³-hybridized carbons (Fsp3) is 0.500. The summed E-state index contributed by atoms with van der Waals surface area (Å²) in [6, 6.07) is 1.86. The normalized spacial score (nSPS) is 24.4. The van der Waals surface area contributed by atoms with Gasteiger partial charge in [0.25, 0.3) is 5.91 Å². The number of carbonyl (C=O) groups is 1. The van der Waals surface area contributed by atoms with Crippen molar-refractivity contribution in [3.63, 3.8) is 0 Å². The molecule has 0 aliphatic carbocycles. The second-order valence-electron chi connectivity index (χ2n) is 4.69. The summed E-state index contributed by atoms with van der Waals surface area (Å²) in [7, 11) is 0. The van der Waals surface area contributed by atoms with Crippen molar-refractivity contribution in [2.45, 2.75) is 25.8 Å². The number of nitrogens with one attached hydrogen (secondary N) is 2. The number of hydrogen-bond acceptors (Lipinski definition) is 3. The molecule has 0 saturated carbocycles. The summed E-state index contributed by atoms with van der Waals surface area (Å²) in [5.41, 5.74) is 1.51. The zero-order valence-electron chi connectivity index (χ0n) is 9.71. The van der Waals surface area contributed by atoms with Gasteiger partial charge in [-0.1, -0.05) is 0 Å². The maximum atomic E-state index is 12.0. The highest BCUT2D eigenvalue weighted by Crippen LogP contribution is 2.14. The number of hydrogen-bond donors (Lipinski definition) is 2. The van der Waals surface area contributed by atoms with E-state index in [1.54, 1.807) is 12.4 Å². The van der Waals surface area contributed by atoms with E-state index in [9.17, 15) is 4.79 Å². The minimum atomic E-state index is -0.124. The van der Waals surface area contributed by atoms with Crippen molar-refractivity contribution in [1.29, 1.82) is 0 Å². The lowest BCUT2D eigenvalue weighted by Crippen LogP contribution is -2.47. The van der Waals surface area contributed by atoms with Crippen molar-refractivity contribution in [2.75, 3.05) is 13.1 Å². The molecule has 1 fully saturated rings. The molecule has 1 amide bonds. The van der Waals surface area contributed by atoms with Crippen LogP contribution in [0.5, 0.6) is 0 Å². The minimum Gasteiger partial charge on any atom is -0.346 e. The minimum absolute atomic E-state index is 0.0394. The molecule has 1 aromatic rings. The molecule has 1 aliphatic heterocycles. The molecule has 2 heterocycles. The molecule has 0 radical (unpaired) electrons. The van der Waals surface area contributed by atoms with E-state index < -0.39 is 0 Å². The van der Waals surface area contributed by atoms with Crippen molar-refractivity contribution in [3.8, 4) is 0 Å². The second-order valence-corrected chi connectivity index (χ2v) is 4.69. The molecule has 2 rings (SSSR count). The average Bonchev–Trinajstić information content (AvgIpc) is 2.65. The Balaban J connectivity index is 2.08. The third-order valence-corrected chi connectivity index (χ3v) is 2.92. The summed E-state index contributed by atoms with van der Waals surface area (Å²) in [4.78, 5) is 16.0. The van der Waals surface area contributed by atoms with Crippen molar-refractivity contribution in [2.24, 2.45) is 0 Å². The average molecular weight is 219 g/mol. The van der Waals surface area contributed by atoms with E-state index in [-0.39, 0.29) is 11.4 Å². The Morgan fingerprint density at radius 2 is 2.38 bits per heavy atom. The van der Waals surface area contributed by atoms with E-state index in [4.69, 9.17) is 0 Å². The summed E-state index contributed by atoms with van der Waals surface area (Å²) >= 11 is 0. The predicted octanol–water partition coefficient (Wildman–Crippen LogP) is 0.872. The first-order chi connectivity index (χ1) is 7.59. The highest BCUT2D eigenvalue weighted by molar-refractivity contribution is 5.94. The molecule has 1 unspecified atom stereocenters. The molecular weight excluding hydrogens is 202 g/mol. The van der Waals surface area contributed by atoms with Gasteiger partial charge in [-0.2, -0.15) is 0 Å². The Labute approximate surface area is 95.5 Å². The molecule has 0 aromatic carbocycles. The Kier molecular flexibility index (Phi) is 2.92. The number of amides is 1. The fourth-order valence-corrected chi connectivity index (χ4v) is 1.95. The van der Waals surface area contributed by atoms with E-state index in [2.05, 4.69) is 22.5 Å². The number of aryl methyl sites for hydroxylation is 1. The number of carbonyl (C=O) groups excluding carboxylic acids is 1. The summed E-state index contributed by atoms with van der Waals surface area (Å²) in [5.74, 6) is -0.0394. The zero-order chi connectivity index (χ0) is 11.6. The third kappa shape index (κ3) is 2.39. The van der Waals surface area contributed by atoms with Crippen LogP contribution in [0.25, 0.3) is 0 Å². The van der Waals surface area contributed by atoms with Gasteiger partial charge in [-0.15, -0.1) is 0 Å². The topological polar surface area (TPSA) is 54.0 Å². The molecule has 1 saturated heterocycles. The van der Waals surface area contributed by atoms with E-state index in [0.29, 0.717) is 5.56 Å². The summed E-state index contributed by atoms with van der Waals surface area (Å²) in [5, 5.41) is 6.31. The van der Waals surface area contributed by atoms with E-state index in [1.807, 2.05) is 13.0 Å². The lowest BCUT2D eigenvalue weighted by atomic mass is 10.0. The molecule has 4 heteroatoms. The lowest BCUT2D eigenvalue weighted by Gasteiger charge is -2.24. The van der Waals surface area contributed by atoms with Gasteiger partial charge in [0.2, 0.25) is 0 Å². The van der Waals surface area contributed by atoms with Gasteiger partial charge < -0.3 is 10.6 Å². The fourth-order valence-electron chi connectivity index (χ4n) is 1.95. The van der Waals surface area contributed by atoms with E-state index in [1.165, 1.54) is 0 Å². The first-order valence-corrected chi connectivity index (χ1v) is 5.54. The van der Waals surface area contributed by atoms with Crippen LogP contribution in [-0.4, -0.2) is 29.5 Å². The van der Waals surface area contributed by atoms with Gasteiger partial charge in [0.05, 0.1) is 11.1 Å². The van der Waals surface area contributed by atoms with Crippen LogP contribution in [0.15, 0.2) is 18.5 Å². The van der Waals surface area contributed by atoms with Crippen LogP contribution < -0.4 is 10.6 Å². The van der Waals surface area contributed by atoms with Crippen LogP contribution in [0.1, 0.15) is 29.3 Å². The molecule has 0 spiro atoms. The van der Waals surface area contributed by atoms with E-state index >= 15 is 0 Å². The first-order valence-electron chi connectivity index (χ1n) is 5.54. The van der Waals surface area contributed by atoms with Crippen LogP contribution in [0.3, 0.4) is 0 Å². The third-order valence-electron chi connectivity index (χ3n) is 2.92. The smallest absolute Gasteiger partial charge is 0.253 e. The molecule has 1 aromatic heterocycles. The summed E-state index contributed by atoms with van der Waals surface area (Å²) in [6.07, 6.45) is 4.32. The first kappa shape index (κ1) is 11.1. The SMILES string of the molecule is Cc1cncc(C(=O)NC2(C)CCNC2)c1. The van der Waals surface area contributed by atoms with Gasteiger partial charge in [0.15, 0.2) is 0 Å². The molecule has 86 valence electrons. The van der Waals surface area contributed by atoms with Crippen molar-refractivity contribution >= 4 is 5.91 Å². The monoisotopic (exact) mass is 219 g/mol. The number of pyridine rings is 1. The molecule has 1 atom stereocenters. The van der Waals surface area contributed by atoms with Gasteiger partial charge in [-0.3, -0.25) is 9.78 Å². The van der Waals surface area contributed by atoms with Crippen molar-refractivity contribution < 1.29 is 4.79 Å².